The molecule has 5 heteroatoms. The highest BCUT2D eigenvalue weighted by Gasteiger charge is 2.12. The first kappa shape index (κ1) is 10.2. The second-order valence-corrected chi connectivity index (χ2v) is 6.08. The van der Waals surface area contributed by atoms with Gasteiger partial charge in [0.05, 0.1) is 8.61 Å². The van der Waals surface area contributed by atoms with Gasteiger partial charge >= 0.3 is 0 Å². The van der Waals surface area contributed by atoms with Crippen LogP contribution in [-0.4, -0.2) is 6.54 Å². The standard InChI is InChI=1S/C6H6Br3NS/c7-4(1-10)3-2-11-6(9)5(3)8/h2,4H,1,10H2. The van der Waals surface area contributed by atoms with Crippen molar-refractivity contribution in [2.24, 2.45) is 5.73 Å². The maximum atomic E-state index is 5.50. The zero-order chi connectivity index (χ0) is 8.43. The minimum absolute atomic E-state index is 0.249. The molecule has 0 amide bonds. The van der Waals surface area contributed by atoms with Gasteiger partial charge in [-0.2, -0.15) is 0 Å². The van der Waals surface area contributed by atoms with E-state index in [1.165, 1.54) is 5.56 Å². The largest absolute Gasteiger partial charge is 0.329 e. The highest BCUT2D eigenvalue weighted by molar-refractivity contribution is 9.13. The average molecular weight is 364 g/mol. The summed E-state index contributed by atoms with van der Waals surface area (Å²) >= 11 is 12.0. The molecule has 0 aliphatic carbocycles. The van der Waals surface area contributed by atoms with E-state index in [0.717, 1.165) is 8.26 Å². The Hall–Kier alpha value is 1.10. The Morgan fingerprint density at radius 2 is 2.18 bits per heavy atom. The number of thiophene rings is 1. The van der Waals surface area contributed by atoms with Crippen LogP contribution in [0.3, 0.4) is 0 Å². The van der Waals surface area contributed by atoms with Gasteiger partial charge in [0.2, 0.25) is 0 Å². The van der Waals surface area contributed by atoms with Crippen molar-refractivity contribution in [2.45, 2.75) is 4.83 Å². The zero-order valence-corrected chi connectivity index (χ0v) is 11.1. The van der Waals surface area contributed by atoms with Gasteiger partial charge in [-0.15, -0.1) is 11.3 Å². The smallest absolute Gasteiger partial charge is 0.0843 e. The summed E-state index contributed by atoms with van der Waals surface area (Å²) in [7, 11) is 0. The van der Waals surface area contributed by atoms with Gasteiger partial charge < -0.3 is 5.73 Å². The Labute approximate surface area is 94.7 Å². The quantitative estimate of drug-likeness (QED) is 0.797. The van der Waals surface area contributed by atoms with Gasteiger partial charge in [-0.3, -0.25) is 0 Å². The first-order valence-corrected chi connectivity index (χ1v) is 6.31. The maximum absolute atomic E-state index is 5.50. The van der Waals surface area contributed by atoms with Crippen LogP contribution in [0.1, 0.15) is 10.4 Å². The lowest BCUT2D eigenvalue weighted by Crippen LogP contribution is -2.05. The third kappa shape index (κ3) is 2.28. The van der Waals surface area contributed by atoms with E-state index < -0.39 is 0 Å². The van der Waals surface area contributed by atoms with Gasteiger partial charge in [-0.1, -0.05) is 15.9 Å². The Kier molecular flexibility index (Phi) is 4.04. The van der Waals surface area contributed by atoms with Crippen LogP contribution in [0.5, 0.6) is 0 Å². The molecule has 0 aliphatic rings. The Bertz CT molecular complexity index is 248. The van der Waals surface area contributed by atoms with Crippen molar-refractivity contribution in [1.29, 1.82) is 0 Å². The molecule has 11 heavy (non-hydrogen) atoms. The lowest BCUT2D eigenvalue weighted by molar-refractivity contribution is 0.958. The molecule has 0 saturated heterocycles. The fraction of sp³-hybridized carbons (Fsp3) is 0.333. The molecule has 1 aromatic rings. The van der Waals surface area contributed by atoms with Crippen molar-refractivity contribution in [2.75, 3.05) is 6.54 Å². The van der Waals surface area contributed by atoms with Crippen LogP contribution >= 0.6 is 59.1 Å². The molecular weight excluding hydrogens is 358 g/mol. The molecule has 2 N–H and O–H groups in total. The van der Waals surface area contributed by atoms with E-state index in [-0.39, 0.29) is 4.83 Å². The Morgan fingerprint density at radius 1 is 1.55 bits per heavy atom. The average Bonchev–Trinajstić information content (AvgIpc) is 2.32. The van der Waals surface area contributed by atoms with Crippen LogP contribution in [0.15, 0.2) is 13.6 Å². The normalized spacial score (nSPS) is 13.5. The highest BCUT2D eigenvalue weighted by atomic mass is 79.9. The first-order valence-electron chi connectivity index (χ1n) is 2.93. The number of alkyl halides is 1. The Balaban J connectivity index is 2.94. The molecular formula is C6H6Br3NS. The lowest BCUT2D eigenvalue weighted by Gasteiger charge is -2.03. The molecule has 0 bridgehead atoms. The number of nitrogens with two attached hydrogens (primary N) is 1. The van der Waals surface area contributed by atoms with Crippen molar-refractivity contribution in [3.8, 4) is 0 Å². The molecule has 0 aliphatic heterocycles. The van der Waals surface area contributed by atoms with Crippen LogP contribution in [0, 0.1) is 0 Å². The minimum Gasteiger partial charge on any atom is -0.329 e. The molecule has 0 aromatic carbocycles. The van der Waals surface area contributed by atoms with Crippen molar-refractivity contribution in [3.63, 3.8) is 0 Å². The summed E-state index contributed by atoms with van der Waals surface area (Å²) in [6.45, 7) is 0.613. The molecule has 0 spiro atoms. The van der Waals surface area contributed by atoms with Crippen molar-refractivity contribution >= 4 is 59.1 Å². The molecule has 1 unspecified atom stereocenters. The number of rotatable bonds is 2. The maximum Gasteiger partial charge on any atom is 0.0843 e. The predicted octanol–water partition coefficient (Wildman–Crippen LogP) is 3.67. The van der Waals surface area contributed by atoms with Crippen molar-refractivity contribution in [3.05, 3.63) is 19.2 Å². The summed E-state index contributed by atoms with van der Waals surface area (Å²) in [5, 5.41) is 2.08. The predicted molar refractivity (Wildman–Crippen MR) is 60.4 cm³/mol. The van der Waals surface area contributed by atoms with Gasteiger partial charge in [0.25, 0.3) is 0 Å². The highest BCUT2D eigenvalue weighted by Crippen LogP contribution is 2.38. The summed E-state index contributed by atoms with van der Waals surface area (Å²) < 4.78 is 2.22. The van der Waals surface area contributed by atoms with E-state index in [1.54, 1.807) is 11.3 Å². The molecule has 0 saturated carbocycles. The monoisotopic (exact) mass is 361 g/mol. The molecule has 0 fully saturated rings. The van der Waals surface area contributed by atoms with Crippen LogP contribution in [0.2, 0.25) is 0 Å². The minimum atomic E-state index is 0.249. The summed E-state index contributed by atoms with van der Waals surface area (Å²) in [6, 6.07) is 0. The summed E-state index contributed by atoms with van der Waals surface area (Å²) in [4.78, 5) is 0.249. The topological polar surface area (TPSA) is 26.0 Å². The van der Waals surface area contributed by atoms with Crippen LogP contribution in [0.4, 0.5) is 0 Å². The molecule has 0 radical (unpaired) electrons. The van der Waals surface area contributed by atoms with E-state index in [9.17, 15) is 0 Å². The van der Waals surface area contributed by atoms with Crippen molar-refractivity contribution in [1.82, 2.24) is 0 Å². The zero-order valence-electron chi connectivity index (χ0n) is 5.48. The van der Waals surface area contributed by atoms with E-state index in [4.69, 9.17) is 5.73 Å². The molecule has 1 rings (SSSR count). The van der Waals surface area contributed by atoms with E-state index in [1.807, 2.05) is 0 Å². The van der Waals surface area contributed by atoms with Gasteiger partial charge in [0, 0.05) is 11.0 Å². The number of hydrogen-bond acceptors (Lipinski definition) is 2. The second kappa shape index (κ2) is 4.37. The van der Waals surface area contributed by atoms with Gasteiger partial charge in [0.15, 0.2) is 0 Å². The lowest BCUT2D eigenvalue weighted by atomic mass is 10.2. The Morgan fingerprint density at radius 3 is 2.55 bits per heavy atom. The molecule has 62 valence electrons. The molecule has 1 aromatic heterocycles. The number of hydrogen-bond donors (Lipinski definition) is 1. The van der Waals surface area contributed by atoms with E-state index in [0.29, 0.717) is 6.54 Å². The number of halogens is 3. The summed E-state index contributed by atoms with van der Waals surface area (Å²) in [6.07, 6.45) is 0. The summed E-state index contributed by atoms with van der Waals surface area (Å²) in [5.41, 5.74) is 6.72. The van der Waals surface area contributed by atoms with E-state index in [2.05, 4.69) is 53.2 Å². The summed E-state index contributed by atoms with van der Waals surface area (Å²) in [5.74, 6) is 0. The third-order valence-electron chi connectivity index (χ3n) is 1.26. The van der Waals surface area contributed by atoms with Gasteiger partial charge in [-0.25, -0.2) is 0 Å². The molecule has 1 nitrogen and oxygen atoms in total. The van der Waals surface area contributed by atoms with Gasteiger partial charge in [-0.05, 0) is 42.8 Å². The van der Waals surface area contributed by atoms with Crippen LogP contribution in [0.25, 0.3) is 0 Å². The molecule has 1 atom stereocenters. The van der Waals surface area contributed by atoms with Crippen LogP contribution < -0.4 is 5.73 Å². The first-order chi connectivity index (χ1) is 5.16. The molecule has 1 heterocycles. The third-order valence-corrected chi connectivity index (χ3v) is 5.52. The second-order valence-electron chi connectivity index (χ2n) is 1.98. The van der Waals surface area contributed by atoms with E-state index >= 15 is 0 Å². The van der Waals surface area contributed by atoms with Crippen molar-refractivity contribution < 1.29 is 0 Å². The van der Waals surface area contributed by atoms with Crippen LogP contribution in [-0.2, 0) is 0 Å². The SMILES string of the molecule is NCC(Br)c1csc(Br)c1Br. The fourth-order valence-corrected chi connectivity index (χ4v) is 3.58. The fourth-order valence-electron chi connectivity index (χ4n) is 0.670. The van der Waals surface area contributed by atoms with Gasteiger partial charge in [0.1, 0.15) is 0 Å².